The van der Waals surface area contributed by atoms with Gasteiger partial charge in [-0.25, -0.2) is 10.4 Å². The molecular formula is C17H22N4O3. The maximum absolute atomic E-state index is 11.4. The molecule has 0 aliphatic heterocycles. The number of aromatic amines is 1. The number of ether oxygens (including phenoxy) is 2. The number of rotatable bonds is 8. The van der Waals surface area contributed by atoms with E-state index in [2.05, 4.69) is 27.4 Å². The second-order valence-electron chi connectivity index (χ2n) is 5.09. The van der Waals surface area contributed by atoms with Gasteiger partial charge in [0.15, 0.2) is 11.5 Å². The van der Waals surface area contributed by atoms with Crippen molar-refractivity contribution in [1.82, 2.24) is 9.97 Å². The molecule has 0 bridgehead atoms. The molecule has 7 heteroatoms. The van der Waals surface area contributed by atoms with Gasteiger partial charge in [0, 0.05) is 11.8 Å². The molecule has 2 N–H and O–H groups in total. The molecule has 0 saturated carbocycles. The Hall–Kier alpha value is -2.83. The highest BCUT2D eigenvalue weighted by Crippen LogP contribution is 2.28. The Morgan fingerprint density at radius 2 is 2.08 bits per heavy atom. The van der Waals surface area contributed by atoms with E-state index in [4.69, 9.17) is 9.47 Å². The van der Waals surface area contributed by atoms with E-state index in [1.807, 2.05) is 25.1 Å². The SMILES string of the molecule is CCCOc1ccc(/C=N\Nc2nc(C)cc(=O)[nH]2)cc1OCC. The quantitative estimate of drug-likeness (QED) is 0.574. The van der Waals surface area contributed by atoms with Crippen molar-refractivity contribution in [2.75, 3.05) is 18.6 Å². The lowest BCUT2D eigenvalue weighted by atomic mass is 10.2. The maximum Gasteiger partial charge on any atom is 0.252 e. The van der Waals surface area contributed by atoms with Crippen LogP contribution in [0.2, 0.25) is 0 Å². The Balaban J connectivity index is 2.10. The summed E-state index contributed by atoms with van der Waals surface area (Å²) in [5.41, 5.74) is 3.94. The van der Waals surface area contributed by atoms with E-state index >= 15 is 0 Å². The first-order valence-corrected chi connectivity index (χ1v) is 7.89. The number of aryl methyl sites for hydroxylation is 1. The summed E-state index contributed by atoms with van der Waals surface area (Å²) in [6, 6.07) is 7.00. The predicted octanol–water partition coefficient (Wildman–Crippen LogP) is 2.71. The van der Waals surface area contributed by atoms with Crippen molar-refractivity contribution >= 4 is 12.2 Å². The van der Waals surface area contributed by atoms with Crippen LogP contribution >= 0.6 is 0 Å². The van der Waals surface area contributed by atoms with E-state index in [-0.39, 0.29) is 5.56 Å². The van der Waals surface area contributed by atoms with Crippen LogP contribution < -0.4 is 20.5 Å². The smallest absolute Gasteiger partial charge is 0.252 e. The first-order valence-electron chi connectivity index (χ1n) is 7.89. The third-order valence-corrected chi connectivity index (χ3v) is 2.98. The van der Waals surface area contributed by atoms with Gasteiger partial charge in [0.1, 0.15) is 0 Å². The van der Waals surface area contributed by atoms with Crippen molar-refractivity contribution < 1.29 is 9.47 Å². The second kappa shape index (κ2) is 8.71. The van der Waals surface area contributed by atoms with Gasteiger partial charge in [-0.1, -0.05) is 6.92 Å². The van der Waals surface area contributed by atoms with Crippen molar-refractivity contribution in [2.24, 2.45) is 5.10 Å². The van der Waals surface area contributed by atoms with Crippen LogP contribution in [0.1, 0.15) is 31.5 Å². The lowest BCUT2D eigenvalue weighted by molar-refractivity contribution is 0.277. The Morgan fingerprint density at radius 3 is 2.79 bits per heavy atom. The molecule has 0 radical (unpaired) electrons. The van der Waals surface area contributed by atoms with Crippen molar-refractivity contribution in [1.29, 1.82) is 0 Å². The molecular weight excluding hydrogens is 308 g/mol. The average Bonchev–Trinajstić information content (AvgIpc) is 2.53. The molecule has 0 saturated heterocycles. The van der Waals surface area contributed by atoms with Gasteiger partial charge in [0.25, 0.3) is 5.56 Å². The van der Waals surface area contributed by atoms with Crippen LogP contribution in [0, 0.1) is 6.92 Å². The minimum Gasteiger partial charge on any atom is -0.490 e. The van der Waals surface area contributed by atoms with Crippen LogP contribution in [0.25, 0.3) is 0 Å². The Labute approximate surface area is 140 Å². The zero-order chi connectivity index (χ0) is 17.4. The number of anilines is 1. The van der Waals surface area contributed by atoms with Crippen LogP contribution in [0.5, 0.6) is 11.5 Å². The summed E-state index contributed by atoms with van der Waals surface area (Å²) in [7, 11) is 0. The fourth-order valence-electron chi connectivity index (χ4n) is 2.00. The van der Waals surface area contributed by atoms with Crippen LogP contribution in [0.4, 0.5) is 5.95 Å². The molecule has 0 aliphatic rings. The summed E-state index contributed by atoms with van der Waals surface area (Å²) in [4.78, 5) is 18.1. The number of hydrazone groups is 1. The summed E-state index contributed by atoms with van der Waals surface area (Å²) in [6.45, 7) is 6.91. The lowest BCUT2D eigenvalue weighted by Crippen LogP contribution is -2.10. The third-order valence-electron chi connectivity index (χ3n) is 2.98. The zero-order valence-electron chi connectivity index (χ0n) is 14.1. The van der Waals surface area contributed by atoms with Crippen molar-refractivity contribution in [3.8, 4) is 11.5 Å². The van der Waals surface area contributed by atoms with Gasteiger partial charge in [-0.3, -0.25) is 9.78 Å². The number of nitrogens with zero attached hydrogens (tertiary/aromatic N) is 2. The van der Waals surface area contributed by atoms with Crippen LogP contribution in [-0.2, 0) is 0 Å². The third kappa shape index (κ3) is 5.12. The Bertz CT molecular complexity index is 756. The number of hydrogen-bond donors (Lipinski definition) is 2. The van der Waals surface area contributed by atoms with Gasteiger partial charge in [-0.15, -0.1) is 0 Å². The van der Waals surface area contributed by atoms with Crippen molar-refractivity contribution in [3.05, 3.63) is 45.9 Å². The lowest BCUT2D eigenvalue weighted by Gasteiger charge is -2.11. The van der Waals surface area contributed by atoms with E-state index in [1.165, 1.54) is 6.07 Å². The minimum absolute atomic E-state index is 0.226. The molecule has 0 atom stereocenters. The number of benzene rings is 1. The molecule has 2 aromatic rings. The summed E-state index contributed by atoms with van der Waals surface area (Å²) in [5, 5.41) is 4.08. The summed E-state index contributed by atoms with van der Waals surface area (Å²) in [6.07, 6.45) is 2.55. The van der Waals surface area contributed by atoms with E-state index in [0.29, 0.717) is 36.4 Å². The summed E-state index contributed by atoms with van der Waals surface area (Å²) < 4.78 is 11.3. The minimum atomic E-state index is -0.226. The van der Waals surface area contributed by atoms with E-state index in [1.54, 1.807) is 13.1 Å². The Kier molecular flexibility index (Phi) is 6.36. The molecule has 0 amide bonds. The fourth-order valence-corrected chi connectivity index (χ4v) is 2.00. The summed E-state index contributed by atoms with van der Waals surface area (Å²) in [5.74, 6) is 1.69. The monoisotopic (exact) mass is 330 g/mol. The van der Waals surface area contributed by atoms with Gasteiger partial charge < -0.3 is 9.47 Å². The number of hydrogen-bond acceptors (Lipinski definition) is 6. The van der Waals surface area contributed by atoms with Crippen LogP contribution in [0.3, 0.4) is 0 Å². The first kappa shape index (κ1) is 17.5. The topological polar surface area (TPSA) is 88.6 Å². The number of aromatic nitrogens is 2. The van der Waals surface area contributed by atoms with Gasteiger partial charge in [0.2, 0.25) is 5.95 Å². The maximum atomic E-state index is 11.4. The molecule has 0 aliphatic carbocycles. The molecule has 0 unspecified atom stereocenters. The highest BCUT2D eigenvalue weighted by atomic mass is 16.5. The predicted molar refractivity (Wildman–Crippen MR) is 94.2 cm³/mol. The standard InChI is InChI=1S/C17H22N4O3/c1-4-8-24-14-7-6-13(10-15(14)23-5-2)11-18-21-17-19-12(3)9-16(22)20-17/h6-7,9-11H,4-5,8H2,1-3H3,(H2,19,20,21,22)/b18-11-. The van der Waals surface area contributed by atoms with Crippen LogP contribution in [-0.4, -0.2) is 29.4 Å². The van der Waals surface area contributed by atoms with Gasteiger partial charge in [-0.05, 0) is 44.0 Å². The normalized spacial score (nSPS) is 10.8. The molecule has 128 valence electrons. The van der Waals surface area contributed by atoms with Gasteiger partial charge in [0.05, 0.1) is 19.4 Å². The molecule has 1 aromatic heterocycles. The molecule has 0 fully saturated rings. The summed E-state index contributed by atoms with van der Waals surface area (Å²) >= 11 is 0. The molecule has 1 heterocycles. The van der Waals surface area contributed by atoms with Crippen LogP contribution in [0.15, 0.2) is 34.2 Å². The Morgan fingerprint density at radius 1 is 1.25 bits per heavy atom. The second-order valence-corrected chi connectivity index (χ2v) is 5.09. The molecule has 2 rings (SSSR count). The highest BCUT2D eigenvalue weighted by molar-refractivity contribution is 5.81. The number of nitrogens with one attached hydrogen (secondary N) is 2. The largest absolute Gasteiger partial charge is 0.490 e. The zero-order valence-corrected chi connectivity index (χ0v) is 14.1. The molecule has 7 nitrogen and oxygen atoms in total. The van der Waals surface area contributed by atoms with Crippen molar-refractivity contribution in [2.45, 2.75) is 27.2 Å². The van der Waals surface area contributed by atoms with Crippen molar-refractivity contribution in [3.63, 3.8) is 0 Å². The molecule has 24 heavy (non-hydrogen) atoms. The van der Waals surface area contributed by atoms with E-state index in [9.17, 15) is 4.79 Å². The molecule has 1 aromatic carbocycles. The van der Waals surface area contributed by atoms with Gasteiger partial charge in [-0.2, -0.15) is 5.10 Å². The number of H-pyrrole nitrogens is 1. The van der Waals surface area contributed by atoms with E-state index in [0.717, 1.165) is 12.0 Å². The van der Waals surface area contributed by atoms with E-state index < -0.39 is 0 Å². The average molecular weight is 330 g/mol. The highest BCUT2D eigenvalue weighted by Gasteiger charge is 2.05. The molecule has 0 spiro atoms. The fraction of sp³-hybridized carbons (Fsp3) is 0.353. The van der Waals surface area contributed by atoms with Gasteiger partial charge >= 0.3 is 0 Å². The first-order chi connectivity index (χ1) is 11.6.